The van der Waals surface area contributed by atoms with E-state index in [0.717, 1.165) is 0 Å². The minimum Gasteiger partial charge on any atom is -0.105 e. The summed E-state index contributed by atoms with van der Waals surface area (Å²) in [6.45, 7) is 10.6. The predicted molar refractivity (Wildman–Crippen MR) is 91.7 cm³/mol. The first-order valence-corrected chi connectivity index (χ1v) is 10.4. The molecule has 0 nitrogen and oxygen atoms in total. The highest BCUT2D eigenvalue weighted by atomic mass is 31.2. The van der Waals surface area contributed by atoms with Crippen LogP contribution in [0.4, 0.5) is 0 Å². The highest BCUT2D eigenvalue weighted by molar-refractivity contribution is 7.75. The maximum Gasteiger partial charge on any atom is -0.0327 e. The standard InChI is InChI=1S/C17H35P/c1-6-9-13-18(14-10-7-2,15-11-8-3)16-12-17(4)5/h12,16H,6-11,13-15H2,1-5H3. The summed E-state index contributed by atoms with van der Waals surface area (Å²) < 4.78 is 0. The lowest BCUT2D eigenvalue weighted by atomic mass is 10.3. The van der Waals surface area contributed by atoms with Crippen molar-refractivity contribution in [3.8, 4) is 0 Å². The Kier molecular flexibility index (Phi) is 10.9. The van der Waals surface area contributed by atoms with Crippen LogP contribution in [0.25, 0.3) is 0 Å². The summed E-state index contributed by atoms with van der Waals surface area (Å²) in [5.41, 5.74) is 1.46. The van der Waals surface area contributed by atoms with E-state index >= 15 is 0 Å². The van der Waals surface area contributed by atoms with E-state index in [4.69, 9.17) is 0 Å². The Labute approximate surface area is 116 Å². The second kappa shape index (κ2) is 10.9. The van der Waals surface area contributed by atoms with Crippen LogP contribution in [-0.4, -0.2) is 24.3 Å². The van der Waals surface area contributed by atoms with Crippen LogP contribution >= 0.6 is 6.89 Å². The molecule has 0 N–H and O–H groups in total. The van der Waals surface area contributed by atoms with Gasteiger partial charge in [0.15, 0.2) is 0 Å². The molecule has 0 aliphatic rings. The molecule has 18 heavy (non-hydrogen) atoms. The summed E-state index contributed by atoms with van der Waals surface area (Å²) in [6.07, 6.45) is 15.2. The molecule has 0 aliphatic heterocycles. The van der Waals surface area contributed by atoms with Gasteiger partial charge in [-0.1, -0.05) is 57.5 Å². The van der Waals surface area contributed by atoms with Gasteiger partial charge in [-0.3, -0.25) is 0 Å². The molecule has 0 unspecified atom stereocenters. The minimum atomic E-state index is -0.801. The number of rotatable bonds is 10. The number of allylic oxidation sites excluding steroid dienone is 2. The van der Waals surface area contributed by atoms with Crippen LogP contribution in [0.15, 0.2) is 11.6 Å². The van der Waals surface area contributed by atoms with Crippen molar-refractivity contribution >= 4 is 12.7 Å². The van der Waals surface area contributed by atoms with Gasteiger partial charge in [0.25, 0.3) is 0 Å². The van der Waals surface area contributed by atoms with Crippen LogP contribution in [0.3, 0.4) is 0 Å². The lowest BCUT2D eigenvalue weighted by molar-refractivity contribution is 0.845. The van der Waals surface area contributed by atoms with Gasteiger partial charge in [0.05, 0.1) is 0 Å². The fraction of sp³-hybridized carbons (Fsp3) is 0.824. The van der Waals surface area contributed by atoms with Gasteiger partial charge in [-0.15, -0.1) is 6.89 Å². The van der Waals surface area contributed by atoms with Gasteiger partial charge in [-0.2, -0.15) is 0 Å². The second-order valence-corrected chi connectivity index (χ2v) is 9.92. The van der Waals surface area contributed by atoms with E-state index in [-0.39, 0.29) is 0 Å². The Morgan fingerprint density at radius 2 is 1.17 bits per heavy atom. The van der Waals surface area contributed by atoms with Crippen LogP contribution in [-0.2, 0) is 0 Å². The molecule has 0 spiro atoms. The lowest BCUT2D eigenvalue weighted by Crippen LogP contribution is -2.04. The van der Waals surface area contributed by atoms with E-state index in [0.29, 0.717) is 0 Å². The zero-order valence-corrected chi connectivity index (χ0v) is 14.4. The van der Waals surface area contributed by atoms with Crippen molar-refractivity contribution in [3.05, 3.63) is 11.6 Å². The quantitative estimate of drug-likeness (QED) is 0.416. The van der Waals surface area contributed by atoms with Gasteiger partial charge >= 0.3 is 0 Å². The average molecular weight is 270 g/mol. The SMILES string of the molecule is CCCCP(=CC=C(C)C)(CCCC)CCCC. The molecule has 0 aliphatic carbocycles. The third-order valence-electron chi connectivity index (χ3n) is 3.60. The first-order chi connectivity index (χ1) is 8.60. The summed E-state index contributed by atoms with van der Waals surface area (Å²) in [6, 6.07) is 0. The summed E-state index contributed by atoms with van der Waals surface area (Å²) in [5.74, 6) is 2.66. The topological polar surface area (TPSA) is 0 Å². The molecule has 0 aromatic rings. The normalized spacial score (nSPS) is 11.4. The largest absolute Gasteiger partial charge is 0.105 e. The molecule has 1 heteroatoms. The van der Waals surface area contributed by atoms with E-state index in [1.807, 2.05) is 0 Å². The average Bonchev–Trinajstić information content (AvgIpc) is 2.37. The monoisotopic (exact) mass is 270 g/mol. The van der Waals surface area contributed by atoms with Crippen LogP contribution < -0.4 is 0 Å². The van der Waals surface area contributed by atoms with Gasteiger partial charge in [0, 0.05) is 0 Å². The minimum absolute atomic E-state index is 0.801. The summed E-state index contributed by atoms with van der Waals surface area (Å²) in [4.78, 5) is 0. The fourth-order valence-electron chi connectivity index (χ4n) is 2.29. The predicted octanol–water partition coefficient (Wildman–Crippen LogP) is 6.17. The molecule has 0 amide bonds. The van der Waals surface area contributed by atoms with Crippen LogP contribution in [0, 0.1) is 0 Å². The summed E-state index contributed by atoms with van der Waals surface area (Å²) in [7, 11) is 0. The first kappa shape index (κ1) is 18.0. The Bertz CT molecular complexity index is 241. The van der Waals surface area contributed by atoms with Crippen LogP contribution in [0.1, 0.15) is 73.1 Å². The van der Waals surface area contributed by atoms with Crippen molar-refractivity contribution in [2.75, 3.05) is 18.5 Å². The highest BCUT2D eigenvalue weighted by Gasteiger charge is 2.14. The van der Waals surface area contributed by atoms with Crippen molar-refractivity contribution < 1.29 is 0 Å². The molecule has 0 bridgehead atoms. The molecule has 108 valence electrons. The summed E-state index contributed by atoms with van der Waals surface area (Å²) >= 11 is 0. The lowest BCUT2D eigenvalue weighted by Gasteiger charge is -2.26. The molecule has 0 saturated carbocycles. The molecule has 0 fully saturated rings. The van der Waals surface area contributed by atoms with Crippen molar-refractivity contribution in [2.24, 2.45) is 0 Å². The molecule has 0 radical (unpaired) electrons. The highest BCUT2D eigenvalue weighted by Crippen LogP contribution is 2.49. The molecule has 0 aromatic carbocycles. The summed E-state index contributed by atoms with van der Waals surface area (Å²) in [5, 5.41) is 0. The molecular formula is C17H35P. The molecule has 0 atom stereocenters. The molecule has 0 rings (SSSR count). The van der Waals surface area contributed by atoms with Crippen LogP contribution in [0.5, 0.6) is 0 Å². The first-order valence-electron chi connectivity index (χ1n) is 7.95. The third kappa shape index (κ3) is 8.20. The number of unbranched alkanes of at least 4 members (excludes halogenated alkanes) is 3. The zero-order valence-electron chi connectivity index (χ0n) is 13.5. The van der Waals surface area contributed by atoms with E-state index < -0.39 is 6.89 Å². The van der Waals surface area contributed by atoms with E-state index in [9.17, 15) is 0 Å². The Morgan fingerprint density at radius 3 is 1.44 bits per heavy atom. The van der Waals surface area contributed by atoms with Gasteiger partial charge < -0.3 is 0 Å². The number of hydrogen-bond acceptors (Lipinski definition) is 0. The maximum absolute atomic E-state index is 2.66. The van der Waals surface area contributed by atoms with E-state index in [1.54, 1.807) is 0 Å². The van der Waals surface area contributed by atoms with Crippen molar-refractivity contribution in [1.82, 2.24) is 0 Å². The van der Waals surface area contributed by atoms with E-state index in [1.165, 1.54) is 62.6 Å². The van der Waals surface area contributed by atoms with Gasteiger partial charge in [0.2, 0.25) is 0 Å². The molecule has 0 heterocycles. The second-order valence-electron chi connectivity index (χ2n) is 5.84. The Morgan fingerprint density at radius 1 is 0.778 bits per heavy atom. The van der Waals surface area contributed by atoms with Crippen molar-refractivity contribution in [3.63, 3.8) is 0 Å². The van der Waals surface area contributed by atoms with Crippen molar-refractivity contribution in [2.45, 2.75) is 73.1 Å². The zero-order chi connectivity index (χ0) is 13.9. The Balaban J connectivity index is 4.97. The molecular weight excluding hydrogens is 235 g/mol. The molecule has 0 saturated heterocycles. The van der Waals surface area contributed by atoms with Crippen molar-refractivity contribution in [1.29, 1.82) is 0 Å². The van der Waals surface area contributed by atoms with Crippen LogP contribution in [0.2, 0.25) is 0 Å². The van der Waals surface area contributed by atoms with E-state index in [2.05, 4.69) is 46.5 Å². The maximum atomic E-state index is 2.66. The molecule has 0 aromatic heterocycles. The fourth-order valence-corrected chi connectivity index (χ4v) is 6.86. The van der Waals surface area contributed by atoms with Gasteiger partial charge in [-0.25, -0.2) is 0 Å². The van der Waals surface area contributed by atoms with Gasteiger partial charge in [-0.05, 0) is 51.6 Å². The van der Waals surface area contributed by atoms with Gasteiger partial charge in [0.1, 0.15) is 0 Å². The Hall–Kier alpha value is 0.0400. The third-order valence-corrected chi connectivity index (χ3v) is 8.00. The smallest absolute Gasteiger partial charge is 0.0327 e. The number of hydrogen-bond donors (Lipinski definition) is 0.